The first-order valence-electron chi connectivity index (χ1n) is 9.68. The van der Waals surface area contributed by atoms with Crippen molar-refractivity contribution >= 4 is 38.7 Å². The van der Waals surface area contributed by atoms with Crippen molar-refractivity contribution in [2.24, 2.45) is 5.10 Å². The van der Waals surface area contributed by atoms with Crippen LogP contribution in [0.15, 0.2) is 29.4 Å². The number of nitrogens with one attached hydrogen (secondary N) is 1. The maximum atomic E-state index is 12.6. The van der Waals surface area contributed by atoms with Crippen LogP contribution in [0.3, 0.4) is 0 Å². The van der Waals surface area contributed by atoms with E-state index in [1.165, 1.54) is 17.9 Å². The number of nitrogens with zero attached hydrogens (tertiary/aromatic N) is 3. The predicted molar refractivity (Wildman–Crippen MR) is 107 cm³/mol. The number of amides is 2. The van der Waals surface area contributed by atoms with Gasteiger partial charge in [0.2, 0.25) is 5.91 Å². The van der Waals surface area contributed by atoms with Gasteiger partial charge in [0.15, 0.2) is 9.84 Å². The number of hydrogen-bond acceptors (Lipinski definition) is 6. The number of anilines is 2. The van der Waals surface area contributed by atoms with Gasteiger partial charge in [0.1, 0.15) is 5.71 Å². The average molecular weight is 404 g/mol. The van der Waals surface area contributed by atoms with Crippen molar-refractivity contribution in [1.29, 1.82) is 0 Å². The zero-order chi connectivity index (χ0) is 19.7. The fraction of sp³-hybridized carbons (Fsp3) is 0.526. The molecule has 0 unspecified atom stereocenters. The van der Waals surface area contributed by atoms with Crippen LogP contribution < -0.4 is 10.2 Å². The first-order valence-corrected chi connectivity index (χ1v) is 11.5. The lowest BCUT2D eigenvalue weighted by molar-refractivity contribution is -0.133. The summed E-state index contributed by atoms with van der Waals surface area (Å²) in [6.07, 6.45) is 3.19. The van der Waals surface area contributed by atoms with Crippen LogP contribution in [0.5, 0.6) is 0 Å². The predicted octanol–water partition coefficient (Wildman–Crippen LogP) is 1.39. The Labute approximate surface area is 164 Å². The topological polar surface area (TPSA) is 99.2 Å². The van der Waals surface area contributed by atoms with E-state index in [0.717, 1.165) is 18.8 Å². The summed E-state index contributed by atoms with van der Waals surface area (Å²) in [4.78, 5) is 27.1. The molecule has 1 N–H and O–H groups in total. The van der Waals surface area contributed by atoms with Gasteiger partial charge in [-0.1, -0.05) is 0 Å². The minimum Gasteiger partial charge on any atom is -0.372 e. The summed E-state index contributed by atoms with van der Waals surface area (Å²) in [6, 6.07) is 7.23. The summed E-state index contributed by atoms with van der Waals surface area (Å²) in [6.45, 7) is 2.12. The first kappa shape index (κ1) is 18.9. The van der Waals surface area contributed by atoms with Crippen LogP contribution in [0.25, 0.3) is 0 Å². The second-order valence-corrected chi connectivity index (χ2v) is 9.77. The third-order valence-corrected chi connectivity index (χ3v) is 7.22. The highest BCUT2D eigenvalue weighted by atomic mass is 32.2. The molecule has 4 rings (SSSR count). The van der Waals surface area contributed by atoms with Crippen LogP contribution in [-0.2, 0) is 19.4 Å². The number of rotatable bonds is 4. The Kier molecular flexibility index (Phi) is 5.09. The summed E-state index contributed by atoms with van der Waals surface area (Å²) in [5.74, 6) is -0.613. The van der Waals surface area contributed by atoms with E-state index in [0.29, 0.717) is 12.1 Å². The number of carbonyl (C=O) groups excluding carboxylic acids is 2. The van der Waals surface area contributed by atoms with Crippen molar-refractivity contribution in [1.82, 2.24) is 5.01 Å². The molecule has 0 aromatic heterocycles. The third-order valence-electron chi connectivity index (χ3n) is 5.47. The lowest BCUT2D eigenvalue weighted by atomic mass is 10.1. The van der Waals surface area contributed by atoms with Crippen LogP contribution in [0.2, 0.25) is 0 Å². The maximum Gasteiger partial charge on any atom is 0.271 e. The normalized spacial score (nSPS) is 24.4. The molecule has 3 aliphatic rings. The summed E-state index contributed by atoms with van der Waals surface area (Å²) >= 11 is 0. The molecule has 1 atom stereocenters. The molecule has 3 heterocycles. The number of sulfone groups is 1. The van der Waals surface area contributed by atoms with Gasteiger partial charge < -0.3 is 10.2 Å². The monoisotopic (exact) mass is 404 g/mol. The highest BCUT2D eigenvalue weighted by molar-refractivity contribution is 7.91. The Hall–Kier alpha value is -2.42. The molecule has 0 radical (unpaired) electrons. The highest BCUT2D eigenvalue weighted by Gasteiger charge is 2.37. The van der Waals surface area contributed by atoms with Crippen molar-refractivity contribution in [2.45, 2.75) is 38.1 Å². The molecule has 0 bridgehead atoms. The van der Waals surface area contributed by atoms with Gasteiger partial charge in [0, 0.05) is 37.3 Å². The first-order chi connectivity index (χ1) is 13.4. The molecule has 1 aromatic carbocycles. The molecular formula is C19H24N4O4S. The quantitative estimate of drug-likeness (QED) is 0.818. The Balaban J connectivity index is 1.43. The molecule has 2 saturated heterocycles. The van der Waals surface area contributed by atoms with E-state index in [1.54, 1.807) is 0 Å². The summed E-state index contributed by atoms with van der Waals surface area (Å²) < 4.78 is 23.4. The summed E-state index contributed by atoms with van der Waals surface area (Å²) in [5, 5.41) is 8.24. The average Bonchev–Trinajstić information content (AvgIpc) is 3.32. The van der Waals surface area contributed by atoms with Crippen LogP contribution in [-0.4, -0.2) is 61.6 Å². The summed E-state index contributed by atoms with van der Waals surface area (Å²) in [7, 11) is -3.13. The van der Waals surface area contributed by atoms with Crippen LogP contribution in [0.4, 0.5) is 11.4 Å². The second-order valence-electron chi connectivity index (χ2n) is 7.54. The minimum absolute atomic E-state index is 0.0574. The van der Waals surface area contributed by atoms with Gasteiger partial charge in [-0.15, -0.1) is 0 Å². The number of hydrogen-bond donors (Lipinski definition) is 1. The fourth-order valence-electron chi connectivity index (χ4n) is 3.92. The Morgan fingerprint density at radius 1 is 1.11 bits per heavy atom. The van der Waals surface area contributed by atoms with Gasteiger partial charge in [-0.05, 0) is 43.5 Å². The number of carbonyl (C=O) groups is 2. The van der Waals surface area contributed by atoms with E-state index in [-0.39, 0.29) is 41.9 Å². The van der Waals surface area contributed by atoms with Crippen LogP contribution in [0.1, 0.15) is 32.1 Å². The Morgan fingerprint density at radius 3 is 2.46 bits per heavy atom. The summed E-state index contributed by atoms with van der Waals surface area (Å²) in [5.41, 5.74) is 2.07. The molecule has 2 fully saturated rings. The maximum absolute atomic E-state index is 12.6. The molecule has 0 aliphatic carbocycles. The van der Waals surface area contributed by atoms with Gasteiger partial charge in [-0.2, -0.15) is 5.10 Å². The van der Waals surface area contributed by atoms with Gasteiger partial charge in [-0.3, -0.25) is 9.59 Å². The number of benzene rings is 1. The molecule has 2 amide bonds. The van der Waals surface area contributed by atoms with E-state index in [2.05, 4.69) is 15.3 Å². The second kappa shape index (κ2) is 7.54. The zero-order valence-corrected chi connectivity index (χ0v) is 16.5. The molecule has 28 heavy (non-hydrogen) atoms. The third kappa shape index (κ3) is 4.04. The SMILES string of the molecule is O=C(Nc1ccc(N2CCCC2)cc1)C1=NN([C@H]2CCS(=O)(=O)C2)C(=O)CC1. The minimum atomic E-state index is -3.13. The van der Waals surface area contributed by atoms with Crippen molar-refractivity contribution in [3.8, 4) is 0 Å². The smallest absolute Gasteiger partial charge is 0.271 e. The largest absolute Gasteiger partial charge is 0.372 e. The Morgan fingerprint density at radius 2 is 1.82 bits per heavy atom. The lowest BCUT2D eigenvalue weighted by Gasteiger charge is -2.27. The molecule has 3 aliphatic heterocycles. The zero-order valence-electron chi connectivity index (χ0n) is 15.6. The van der Waals surface area contributed by atoms with Gasteiger partial charge in [-0.25, -0.2) is 13.4 Å². The van der Waals surface area contributed by atoms with E-state index in [1.807, 2.05) is 24.3 Å². The van der Waals surface area contributed by atoms with Crippen molar-refractivity contribution in [3.63, 3.8) is 0 Å². The van der Waals surface area contributed by atoms with Crippen molar-refractivity contribution < 1.29 is 18.0 Å². The standard InChI is InChI=1S/C19H24N4O4S/c24-18-8-7-17(21-23(18)16-9-12-28(26,27)13-16)19(25)20-14-3-5-15(6-4-14)22-10-1-2-11-22/h3-6,16H,1-2,7-13H2,(H,20,25)/t16-/m0/s1. The van der Waals surface area contributed by atoms with E-state index < -0.39 is 15.9 Å². The van der Waals surface area contributed by atoms with E-state index >= 15 is 0 Å². The number of hydrazone groups is 1. The van der Waals surface area contributed by atoms with Gasteiger partial charge >= 0.3 is 0 Å². The van der Waals surface area contributed by atoms with Crippen molar-refractivity contribution in [3.05, 3.63) is 24.3 Å². The highest BCUT2D eigenvalue weighted by Crippen LogP contribution is 2.24. The molecular weight excluding hydrogens is 380 g/mol. The molecule has 150 valence electrons. The molecule has 8 nitrogen and oxygen atoms in total. The molecule has 0 saturated carbocycles. The fourth-order valence-corrected chi connectivity index (χ4v) is 5.61. The van der Waals surface area contributed by atoms with Crippen LogP contribution in [0, 0.1) is 0 Å². The molecule has 0 spiro atoms. The van der Waals surface area contributed by atoms with Crippen LogP contribution >= 0.6 is 0 Å². The van der Waals surface area contributed by atoms with Gasteiger partial charge in [0.05, 0.1) is 17.5 Å². The van der Waals surface area contributed by atoms with E-state index in [9.17, 15) is 18.0 Å². The molecule has 9 heteroatoms. The van der Waals surface area contributed by atoms with E-state index in [4.69, 9.17) is 0 Å². The van der Waals surface area contributed by atoms with Gasteiger partial charge in [0.25, 0.3) is 5.91 Å². The lowest BCUT2D eigenvalue weighted by Crippen LogP contribution is -2.42. The molecule has 1 aromatic rings. The van der Waals surface area contributed by atoms with Crippen molar-refractivity contribution in [2.75, 3.05) is 34.8 Å². The Bertz CT molecular complexity index is 904.